The number of rotatable bonds is 3. The van der Waals surface area contributed by atoms with Crippen molar-refractivity contribution in [2.45, 2.75) is 45.6 Å². The van der Waals surface area contributed by atoms with Crippen molar-refractivity contribution in [1.82, 2.24) is 25.0 Å². The van der Waals surface area contributed by atoms with E-state index in [1.54, 1.807) is 0 Å². The Kier molecular flexibility index (Phi) is 4.12. The summed E-state index contributed by atoms with van der Waals surface area (Å²) in [4.78, 5) is 28.3. The van der Waals surface area contributed by atoms with E-state index in [2.05, 4.69) is 29.0 Å². The zero-order valence-corrected chi connectivity index (χ0v) is 16.8. The molecule has 7 nitrogen and oxygen atoms in total. The summed E-state index contributed by atoms with van der Waals surface area (Å²) in [6.07, 6.45) is 1.83. The Morgan fingerprint density at radius 1 is 1.28 bits per heavy atom. The number of para-hydroxylation sites is 2. The number of benzene rings is 1. The largest absolute Gasteiger partial charge is 0.340 e. The van der Waals surface area contributed by atoms with Gasteiger partial charge in [-0.25, -0.2) is 9.97 Å². The van der Waals surface area contributed by atoms with Crippen LogP contribution in [-0.4, -0.2) is 37.5 Å². The zero-order valence-electron chi connectivity index (χ0n) is 16.8. The highest BCUT2D eigenvalue weighted by atomic mass is 16.5. The molecular formula is C22H23N5O2. The number of H-pyrrole nitrogens is 1. The molecule has 5 rings (SSSR count). The van der Waals surface area contributed by atoms with Crippen LogP contribution in [0.15, 0.2) is 34.9 Å². The molecule has 0 aliphatic carbocycles. The van der Waals surface area contributed by atoms with Crippen LogP contribution in [0.4, 0.5) is 0 Å². The fraction of sp³-hybridized carbons (Fsp3) is 0.364. The molecular weight excluding hydrogens is 366 g/mol. The number of imidazole rings is 1. The summed E-state index contributed by atoms with van der Waals surface area (Å²) in [5.74, 6) is 1.00. The van der Waals surface area contributed by atoms with Gasteiger partial charge in [-0.3, -0.25) is 4.79 Å². The normalized spacial score (nSPS) is 17.1. The standard InChI is InChI=1S/C22H23N5O2/c1-12(2)17-11-14(19-13(3)26-29-21(19)25-17)22(28)27-10-6-9-18(27)20-23-15-7-4-5-8-16(15)24-20/h4-5,7-8,11-12,18H,6,9-10H2,1-3H3,(H,23,24). The topological polar surface area (TPSA) is 87.9 Å². The van der Waals surface area contributed by atoms with E-state index in [1.165, 1.54) is 0 Å². The lowest BCUT2D eigenvalue weighted by Gasteiger charge is -2.24. The number of pyridine rings is 1. The third-order valence-corrected chi connectivity index (χ3v) is 5.70. The molecule has 0 spiro atoms. The van der Waals surface area contributed by atoms with Crippen molar-refractivity contribution in [3.8, 4) is 0 Å². The number of carbonyl (C=O) groups excluding carboxylic acids is 1. The van der Waals surface area contributed by atoms with Gasteiger partial charge >= 0.3 is 0 Å². The van der Waals surface area contributed by atoms with E-state index in [0.29, 0.717) is 28.9 Å². The lowest BCUT2D eigenvalue weighted by atomic mass is 10.0. The van der Waals surface area contributed by atoms with Crippen LogP contribution in [0.5, 0.6) is 0 Å². The lowest BCUT2D eigenvalue weighted by Crippen LogP contribution is -2.31. The van der Waals surface area contributed by atoms with E-state index in [-0.39, 0.29) is 17.9 Å². The number of aromatic amines is 1. The number of likely N-dealkylation sites (tertiary alicyclic amines) is 1. The zero-order chi connectivity index (χ0) is 20.1. The molecule has 1 aliphatic heterocycles. The van der Waals surface area contributed by atoms with E-state index in [9.17, 15) is 4.79 Å². The van der Waals surface area contributed by atoms with Crippen molar-refractivity contribution in [2.75, 3.05) is 6.54 Å². The predicted molar refractivity (Wildman–Crippen MR) is 110 cm³/mol. The van der Waals surface area contributed by atoms with Crippen LogP contribution >= 0.6 is 0 Å². The van der Waals surface area contributed by atoms with Gasteiger partial charge < -0.3 is 14.4 Å². The van der Waals surface area contributed by atoms with Gasteiger partial charge in [0.1, 0.15) is 5.82 Å². The van der Waals surface area contributed by atoms with Gasteiger partial charge in [0.2, 0.25) is 0 Å². The maximum absolute atomic E-state index is 13.7. The Balaban J connectivity index is 1.58. The van der Waals surface area contributed by atoms with Crippen LogP contribution in [0, 0.1) is 6.92 Å². The second-order valence-corrected chi connectivity index (χ2v) is 7.99. The predicted octanol–water partition coefficient (Wildman–Crippen LogP) is 4.51. The smallest absolute Gasteiger partial charge is 0.259 e. The first-order valence-corrected chi connectivity index (χ1v) is 10.1. The summed E-state index contributed by atoms with van der Waals surface area (Å²) in [5, 5.41) is 4.75. The molecule has 1 amide bonds. The third kappa shape index (κ3) is 2.88. The molecule has 1 atom stereocenters. The minimum atomic E-state index is -0.0687. The van der Waals surface area contributed by atoms with Crippen molar-refractivity contribution in [2.24, 2.45) is 0 Å². The first kappa shape index (κ1) is 17.8. The molecule has 4 heterocycles. The number of hydrogen-bond acceptors (Lipinski definition) is 5. The molecule has 0 radical (unpaired) electrons. The number of amides is 1. The van der Waals surface area contributed by atoms with Gasteiger partial charge in [0.05, 0.1) is 33.7 Å². The van der Waals surface area contributed by atoms with Crippen LogP contribution in [0.2, 0.25) is 0 Å². The minimum absolute atomic E-state index is 0.0199. The summed E-state index contributed by atoms with van der Waals surface area (Å²) in [7, 11) is 0. The number of nitrogens with one attached hydrogen (secondary N) is 1. The molecule has 1 aromatic carbocycles. The summed E-state index contributed by atoms with van der Waals surface area (Å²) >= 11 is 0. The van der Waals surface area contributed by atoms with Crippen molar-refractivity contribution < 1.29 is 9.32 Å². The van der Waals surface area contributed by atoms with Crippen LogP contribution in [0.25, 0.3) is 22.1 Å². The van der Waals surface area contributed by atoms with Gasteiger partial charge in [-0.1, -0.05) is 31.1 Å². The quantitative estimate of drug-likeness (QED) is 0.557. The van der Waals surface area contributed by atoms with Gasteiger partial charge in [0.25, 0.3) is 11.6 Å². The molecule has 1 N–H and O–H groups in total. The van der Waals surface area contributed by atoms with Crippen LogP contribution in [0.3, 0.4) is 0 Å². The number of fused-ring (bicyclic) bond motifs is 2. The molecule has 148 valence electrons. The Hall–Kier alpha value is -3.22. The van der Waals surface area contributed by atoms with E-state index in [4.69, 9.17) is 9.51 Å². The highest BCUT2D eigenvalue weighted by molar-refractivity contribution is 6.06. The lowest BCUT2D eigenvalue weighted by molar-refractivity contribution is 0.0732. The summed E-state index contributed by atoms with van der Waals surface area (Å²) in [5.41, 5.74) is 4.47. The number of nitrogens with zero attached hydrogens (tertiary/aromatic N) is 4. The molecule has 0 saturated carbocycles. The SMILES string of the molecule is Cc1noc2nc(C(C)C)cc(C(=O)N3CCCC3c3nc4ccccc4[nH]3)c12. The first-order valence-electron chi connectivity index (χ1n) is 10.1. The Morgan fingerprint density at radius 3 is 2.90 bits per heavy atom. The molecule has 7 heteroatoms. The van der Waals surface area contributed by atoms with Crippen molar-refractivity contribution in [3.63, 3.8) is 0 Å². The average Bonchev–Trinajstić information content (AvgIpc) is 3.44. The van der Waals surface area contributed by atoms with Gasteiger partial charge in [0, 0.05) is 12.2 Å². The van der Waals surface area contributed by atoms with Gasteiger partial charge in [-0.2, -0.15) is 0 Å². The highest BCUT2D eigenvalue weighted by Crippen LogP contribution is 2.35. The Labute approximate surface area is 168 Å². The molecule has 1 aliphatic rings. The van der Waals surface area contributed by atoms with E-state index >= 15 is 0 Å². The highest BCUT2D eigenvalue weighted by Gasteiger charge is 2.34. The van der Waals surface area contributed by atoms with Gasteiger partial charge in [-0.15, -0.1) is 0 Å². The maximum atomic E-state index is 13.7. The van der Waals surface area contributed by atoms with Crippen molar-refractivity contribution >= 4 is 28.0 Å². The molecule has 1 saturated heterocycles. The van der Waals surface area contributed by atoms with Crippen LogP contribution in [-0.2, 0) is 0 Å². The third-order valence-electron chi connectivity index (χ3n) is 5.70. The molecule has 4 aromatic rings. The number of aryl methyl sites for hydroxylation is 1. The molecule has 1 unspecified atom stereocenters. The number of hydrogen-bond donors (Lipinski definition) is 1. The van der Waals surface area contributed by atoms with Crippen molar-refractivity contribution in [3.05, 3.63) is 53.1 Å². The van der Waals surface area contributed by atoms with Crippen LogP contribution < -0.4 is 0 Å². The van der Waals surface area contributed by atoms with Crippen molar-refractivity contribution in [1.29, 1.82) is 0 Å². The minimum Gasteiger partial charge on any atom is -0.340 e. The monoisotopic (exact) mass is 389 g/mol. The van der Waals surface area contributed by atoms with Gasteiger partial charge in [0.15, 0.2) is 0 Å². The second kappa shape index (κ2) is 6.69. The summed E-state index contributed by atoms with van der Waals surface area (Å²) < 4.78 is 5.39. The van der Waals surface area contributed by atoms with E-state index in [0.717, 1.165) is 35.4 Å². The van der Waals surface area contributed by atoms with Crippen LogP contribution in [0.1, 0.15) is 66.2 Å². The second-order valence-electron chi connectivity index (χ2n) is 7.99. The fourth-order valence-corrected chi connectivity index (χ4v) is 4.16. The first-order chi connectivity index (χ1) is 14.0. The maximum Gasteiger partial charge on any atom is 0.259 e. The number of carbonyl (C=O) groups is 1. The van der Waals surface area contributed by atoms with E-state index < -0.39 is 0 Å². The Morgan fingerprint density at radius 2 is 2.10 bits per heavy atom. The fourth-order valence-electron chi connectivity index (χ4n) is 4.16. The summed E-state index contributed by atoms with van der Waals surface area (Å²) in [6, 6.07) is 9.78. The van der Waals surface area contributed by atoms with Gasteiger partial charge in [-0.05, 0) is 43.9 Å². The van der Waals surface area contributed by atoms with E-state index in [1.807, 2.05) is 42.2 Å². The molecule has 29 heavy (non-hydrogen) atoms. The number of aromatic nitrogens is 4. The Bertz CT molecular complexity index is 1190. The molecule has 1 fully saturated rings. The molecule has 0 bridgehead atoms. The molecule has 3 aromatic heterocycles. The summed E-state index contributed by atoms with van der Waals surface area (Å²) in [6.45, 7) is 6.66. The average molecular weight is 389 g/mol.